The van der Waals surface area contributed by atoms with Gasteiger partial charge in [0.1, 0.15) is 0 Å². The molecule has 0 radical (unpaired) electrons. The summed E-state index contributed by atoms with van der Waals surface area (Å²) in [5.74, 6) is -0.00535. The molecule has 0 aromatic heterocycles. The van der Waals surface area contributed by atoms with E-state index < -0.39 is 0 Å². The van der Waals surface area contributed by atoms with Crippen molar-refractivity contribution in [2.24, 2.45) is 0 Å². The van der Waals surface area contributed by atoms with Crippen LogP contribution in [0.25, 0.3) is 0 Å². The van der Waals surface area contributed by atoms with Gasteiger partial charge in [-0.05, 0) is 35.9 Å². The van der Waals surface area contributed by atoms with E-state index >= 15 is 0 Å². The van der Waals surface area contributed by atoms with Gasteiger partial charge in [-0.15, -0.1) is 0 Å². The van der Waals surface area contributed by atoms with Crippen LogP contribution < -0.4 is 10.2 Å². The predicted octanol–water partition coefficient (Wildman–Crippen LogP) is 2.87. The summed E-state index contributed by atoms with van der Waals surface area (Å²) in [4.78, 5) is 31.5. The highest BCUT2D eigenvalue weighted by atomic mass is 35.5. The van der Waals surface area contributed by atoms with E-state index in [1.54, 1.807) is 4.90 Å². The maximum absolute atomic E-state index is 13.3. The van der Waals surface area contributed by atoms with Crippen LogP contribution in [0.3, 0.4) is 0 Å². The Kier molecular flexibility index (Phi) is 7.71. The molecule has 1 N–H and O–H groups in total. The highest BCUT2D eigenvalue weighted by Gasteiger charge is 2.21. The van der Waals surface area contributed by atoms with E-state index in [1.807, 2.05) is 72.4 Å². The van der Waals surface area contributed by atoms with Crippen molar-refractivity contribution in [2.45, 2.75) is 13.0 Å². The molecule has 0 spiro atoms. The summed E-state index contributed by atoms with van der Waals surface area (Å²) < 4.78 is 0. The number of nitrogens with one attached hydrogen (secondary N) is 1. The Bertz CT molecular complexity index is 881. The summed E-state index contributed by atoms with van der Waals surface area (Å²) in [6, 6.07) is 15.0. The van der Waals surface area contributed by atoms with Crippen molar-refractivity contribution >= 4 is 29.1 Å². The Morgan fingerprint density at radius 2 is 1.80 bits per heavy atom. The first-order valence-corrected chi connectivity index (χ1v) is 10.6. The first-order chi connectivity index (χ1) is 14.4. The fourth-order valence-electron chi connectivity index (χ4n) is 3.51. The van der Waals surface area contributed by atoms with Crippen LogP contribution in [0.5, 0.6) is 0 Å². The zero-order chi connectivity index (χ0) is 21.5. The summed E-state index contributed by atoms with van der Waals surface area (Å²) in [6.45, 7) is 3.82. The lowest BCUT2D eigenvalue weighted by Gasteiger charge is -2.29. The van der Waals surface area contributed by atoms with E-state index in [4.69, 9.17) is 11.6 Å². The van der Waals surface area contributed by atoms with Crippen molar-refractivity contribution in [3.05, 3.63) is 64.7 Å². The second kappa shape index (κ2) is 10.5. The van der Waals surface area contributed by atoms with E-state index in [0.29, 0.717) is 43.2 Å². The number of anilines is 1. The Labute approximate surface area is 183 Å². The van der Waals surface area contributed by atoms with Gasteiger partial charge in [0.15, 0.2) is 0 Å². The molecule has 1 aliphatic heterocycles. The molecular formula is C23H29ClN4O2. The number of piperazine rings is 1. The molecule has 2 aromatic rings. The van der Waals surface area contributed by atoms with Crippen LogP contribution in [0.2, 0.25) is 5.02 Å². The van der Waals surface area contributed by atoms with Gasteiger partial charge in [-0.1, -0.05) is 29.8 Å². The lowest BCUT2D eigenvalue weighted by molar-refractivity contribution is -0.132. The zero-order valence-electron chi connectivity index (χ0n) is 17.6. The number of carbonyl (C=O) groups excluding carboxylic acids is 2. The van der Waals surface area contributed by atoms with Crippen LogP contribution in [0.15, 0.2) is 48.5 Å². The lowest BCUT2D eigenvalue weighted by atomic mass is 10.1. The van der Waals surface area contributed by atoms with Crippen molar-refractivity contribution in [1.82, 2.24) is 15.1 Å². The van der Waals surface area contributed by atoms with Crippen LogP contribution in [-0.4, -0.2) is 68.4 Å². The SMILES string of the molecule is CN(C)c1cccc(C(=O)N(CCC(=O)N2CCNCC2)Cc2cccc(Cl)c2)c1. The third-order valence-corrected chi connectivity index (χ3v) is 5.46. The smallest absolute Gasteiger partial charge is 0.254 e. The number of hydrogen-bond donors (Lipinski definition) is 1. The highest BCUT2D eigenvalue weighted by Crippen LogP contribution is 2.18. The van der Waals surface area contributed by atoms with Gasteiger partial charge in [0.05, 0.1) is 0 Å². The quantitative estimate of drug-likeness (QED) is 0.736. The Morgan fingerprint density at radius 3 is 2.50 bits per heavy atom. The number of benzene rings is 2. The van der Waals surface area contributed by atoms with Gasteiger partial charge in [-0.25, -0.2) is 0 Å². The first kappa shape index (κ1) is 22.1. The maximum atomic E-state index is 13.3. The molecule has 1 fully saturated rings. The average molecular weight is 429 g/mol. The largest absolute Gasteiger partial charge is 0.378 e. The van der Waals surface area contributed by atoms with Gasteiger partial charge in [0.2, 0.25) is 5.91 Å². The minimum atomic E-state index is -0.0909. The monoisotopic (exact) mass is 428 g/mol. The molecular weight excluding hydrogens is 400 g/mol. The molecule has 160 valence electrons. The minimum absolute atomic E-state index is 0.0856. The molecule has 30 heavy (non-hydrogen) atoms. The molecule has 0 unspecified atom stereocenters. The normalized spacial score (nSPS) is 13.8. The van der Waals surface area contributed by atoms with Crippen molar-refractivity contribution in [3.63, 3.8) is 0 Å². The summed E-state index contributed by atoms with van der Waals surface area (Å²) in [5.41, 5.74) is 2.51. The van der Waals surface area contributed by atoms with Crippen molar-refractivity contribution in [1.29, 1.82) is 0 Å². The lowest BCUT2D eigenvalue weighted by Crippen LogP contribution is -2.47. The second-order valence-corrected chi connectivity index (χ2v) is 8.12. The molecule has 0 saturated carbocycles. The van der Waals surface area contributed by atoms with Gasteiger partial charge >= 0.3 is 0 Å². The van der Waals surface area contributed by atoms with Crippen LogP contribution in [-0.2, 0) is 11.3 Å². The Balaban J connectivity index is 1.76. The van der Waals surface area contributed by atoms with E-state index in [2.05, 4.69) is 5.32 Å². The fourth-order valence-corrected chi connectivity index (χ4v) is 3.72. The number of rotatable bonds is 7. The van der Waals surface area contributed by atoms with Crippen LogP contribution >= 0.6 is 11.6 Å². The summed E-state index contributed by atoms with van der Waals surface area (Å²) in [6.07, 6.45) is 0.305. The van der Waals surface area contributed by atoms with E-state index in [0.717, 1.165) is 24.3 Å². The molecule has 0 aliphatic carbocycles. The predicted molar refractivity (Wildman–Crippen MR) is 121 cm³/mol. The third-order valence-electron chi connectivity index (χ3n) is 5.22. The first-order valence-electron chi connectivity index (χ1n) is 10.2. The Hall–Kier alpha value is -2.57. The standard InChI is InChI=1S/C23H29ClN4O2/c1-26(2)21-8-4-6-19(16-21)23(30)28(17-18-5-3-7-20(24)15-18)12-9-22(29)27-13-10-25-11-14-27/h3-8,15-16,25H,9-14,17H2,1-2H3. The molecule has 0 bridgehead atoms. The van der Waals surface area contributed by atoms with Crippen molar-refractivity contribution in [3.8, 4) is 0 Å². The van der Waals surface area contributed by atoms with Crippen molar-refractivity contribution in [2.75, 3.05) is 51.7 Å². The maximum Gasteiger partial charge on any atom is 0.254 e. The minimum Gasteiger partial charge on any atom is -0.378 e. The van der Waals surface area contributed by atoms with Gasteiger partial charge < -0.3 is 20.0 Å². The van der Waals surface area contributed by atoms with Gasteiger partial charge in [-0.3, -0.25) is 9.59 Å². The molecule has 2 amide bonds. The molecule has 1 heterocycles. The molecule has 3 rings (SSSR count). The summed E-state index contributed by atoms with van der Waals surface area (Å²) in [5, 5.41) is 3.88. The number of hydrogen-bond acceptors (Lipinski definition) is 4. The second-order valence-electron chi connectivity index (χ2n) is 7.68. The molecule has 6 nitrogen and oxygen atoms in total. The van der Waals surface area contributed by atoms with Gasteiger partial charge in [-0.2, -0.15) is 0 Å². The summed E-state index contributed by atoms with van der Waals surface area (Å²) in [7, 11) is 3.89. The van der Waals surface area contributed by atoms with Gasteiger partial charge in [0.25, 0.3) is 5.91 Å². The number of nitrogens with zero attached hydrogens (tertiary/aromatic N) is 3. The summed E-state index contributed by atoms with van der Waals surface area (Å²) >= 11 is 6.13. The highest BCUT2D eigenvalue weighted by molar-refractivity contribution is 6.30. The number of halogens is 1. The zero-order valence-corrected chi connectivity index (χ0v) is 18.4. The van der Waals surface area contributed by atoms with Crippen molar-refractivity contribution < 1.29 is 9.59 Å². The fraction of sp³-hybridized carbons (Fsp3) is 0.391. The topological polar surface area (TPSA) is 55.9 Å². The average Bonchev–Trinajstić information content (AvgIpc) is 2.76. The molecule has 1 saturated heterocycles. The Morgan fingerprint density at radius 1 is 1.07 bits per heavy atom. The number of amides is 2. The molecule has 1 aliphatic rings. The molecule has 0 atom stereocenters. The van der Waals surface area contributed by atoms with E-state index in [-0.39, 0.29) is 11.8 Å². The van der Waals surface area contributed by atoms with Gasteiger partial charge in [0, 0.05) is 76.1 Å². The van der Waals surface area contributed by atoms with E-state index in [1.165, 1.54) is 0 Å². The van der Waals surface area contributed by atoms with Crippen LogP contribution in [0.4, 0.5) is 5.69 Å². The van der Waals surface area contributed by atoms with Crippen LogP contribution in [0, 0.1) is 0 Å². The van der Waals surface area contributed by atoms with Crippen LogP contribution in [0.1, 0.15) is 22.3 Å². The van der Waals surface area contributed by atoms with E-state index in [9.17, 15) is 9.59 Å². The number of carbonyl (C=O) groups is 2. The third kappa shape index (κ3) is 5.97. The molecule has 2 aromatic carbocycles. The molecule has 7 heteroatoms.